The number of likely N-dealkylation sites (tertiary alicyclic amines) is 1. The number of anilines is 1. The van der Waals surface area contributed by atoms with Crippen molar-refractivity contribution in [3.8, 4) is 0 Å². The Balaban J connectivity index is 1.83. The molecular formula is C16H20N4O6. The topological polar surface area (TPSA) is 131 Å². The fraction of sp³-hybridized carbons (Fsp3) is 0.438. The Morgan fingerprint density at radius 3 is 2.58 bits per heavy atom. The Labute approximate surface area is 149 Å². The van der Waals surface area contributed by atoms with Gasteiger partial charge in [-0.2, -0.15) is 0 Å². The van der Waals surface area contributed by atoms with Gasteiger partial charge in [0.2, 0.25) is 0 Å². The number of nitrogens with one attached hydrogen (secondary N) is 2. The van der Waals surface area contributed by atoms with Crippen molar-refractivity contribution in [2.75, 3.05) is 25.0 Å². The van der Waals surface area contributed by atoms with Crippen LogP contribution in [0.2, 0.25) is 0 Å². The number of ether oxygens (including phenoxy) is 1. The van der Waals surface area contributed by atoms with Crippen LogP contribution >= 0.6 is 0 Å². The molecule has 3 amide bonds. The number of piperidine rings is 1. The van der Waals surface area contributed by atoms with E-state index >= 15 is 0 Å². The van der Waals surface area contributed by atoms with E-state index in [1.165, 1.54) is 24.3 Å². The first-order valence-corrected chi connectivity index (χ1v) is 8.18. The summed E-state index contributed by atoms with van der Waals surface area (Å²) >= 11 is 0. The van der Waals surface area contributed by atoms with Crippen LogP contribution < -0.4 is 10.6 Å². The largest absolute Gasteiger partial charge is 0.450 e. The van der Waals surface area contributed by atoms with Crippen molar-refractivity contribution < 1.29 is 24.0 Å². The quantitative estimate of drug-likeness (QED) is 0.470. The summed E-state index contributed by atoms with van der Waals surface area (Å²) in [5, 5.41) is 15.7. The summed E-state index contributed by atoms with van der Waals surface area (Å²) in [7, 11) is 0. The van der Waals surface area contributed by atoms with Crippen LogP contribution in [0.1, 0.15) is 19.8 Å². The molecule has 0 spiro atoms. The lowest BCUT2D eigenvalue weighted by atomic mass is 10.1. The monoisotopic (exact) mass is 364 g/mol. The van der Waals surface area contributed by atoms with Gasteiger partial charge in [0.25, 0.3) is 5.69 Å². The van der Waals surface area contributed by atoms with Gasteiger partial charge < -0.3 is 20.3 Å². The van der Waals surface area contributed by atoms with Crippen molar-refractivity contribution in [2.24, 2.45) is 0 Å². The van der Waals surface area contributed by atoms with Gasteiger partial charge >= 0.3 is 17.9 Å². The van der Waals surface area contributed by atoms with Crippen LogP contribution in [0.25, 0.3) is 0 Å². The number of amides is 3. The number of nitro benzene ring substituents is 1. The number of rotatable bonds is 4. The maximum atomic E-state index is 12.0. The average molecular weight is 364 g/mol. The number of carbonyl (C=O) groups is 3. The second kappa shape index (κ2) is 8.79. The minimum Gasteiger partial charge on any atom is -0.450 e. The highest BCUT2D eigenvalue weighted by Gasteiger charge is 2.26. The van der Waals surface area contributed by atoms with Crippen molar-refractivity contribution in [3.05, 3.63) is 34.4 Å². The molecule has 1 aromatic rings. The van der Waals surface area contributed by atoms with Crippen LogP contribution in [0.3, 0.4) is 0 Å². The molecule has 0 saturated carbocycles. The molecule has 10 heteroatoms. The normalized spacial score (nSPS) is 14.4. The minimum atomic E-state index is -0.904. The number of benzene rings is 1. The molecule has 0 bridgehead atoms. The molecule has 2 N–H and O–H groups in total. The fourth-order valence-electron chi connectivity index (χ4n) is 2.56. The second-order valence-corrected chi connectivity index (χ2v) is 5.70. The van der Waals surface area contributed by atoms with Crippen LogP contribution in [0.4, 0.5) is 16.2 Å². The van der Waals surface area contributed by atoms with E-state index in [9.17, 15) is 24.5 Å². The Morgan fingerprint density at radius 1 is 1.27 bits per heavy atom. The van der Waals surface area contributed by atoms with Crippen molar-refractivity contribution in [3.63, 3.8) is 0 Å². The lowest BCUT2D eigenvalue weighted by Crippen LogP contribution is -2.49. The highest BCUT2D eigenvalue weighted by Crippen LogP contribution is 2.17. The number of nitrogens with zero attached hydrogens (tertiary/aromatic N) is 2. The molecule has 26 heavy (non-hydrogen) atoms. The van der Waals surface area contributed by atoms with E-state index in [1.807, 2.05) is 0 Å². The minimum absolute atomic E-state index is 0.163. The summed E-state index contributed by atoms with van der Waals surface area (Å²) < 4.78 is 4.92. The van der Waals surface area contributed by atoms with E-state index in [4.69, 9.17) is 4.74 Å². The zero-order chi connectivity index (χ0) is 19.1. The van der Waals surface area contributed by atoms with Gasteiger partial charge in [0.15, 0.2) is 0 Å². The molecule has 140 valence electrons. The van der Waals surface area contributed by atoms with Gasteiger partial charge in [-0.05, 0) is 25.8 Å². The Hall–Kier alpha value is -3.17. The van der Waals surface area contributed by atoms with Gasteiger partial charge in [0.1, 0.15) is 0 Å². The molecule has 1 saturated heterocycles. The Morgan fingerprint density at radius 2 is 1.96 bits per heavy atom. The van der Waals surface area contributed by atoms with Gasteiger partial charge in [0.05, 0.1) is 11.5 Å². The zero-order valence-corrected chi connectivity index (χ0v) is 14.3. The number of hydrogen-bond donors (Lipinski definition) is 2. The second-order valence-electron chi connectivity index (χ2n) is 5.70. The van der Waals surface area contributed by atoms with Crippen molar-refractivity contribution >= 4 is 29.3 Å². The summed E-state index contributed by atoms with van der Waals surface area (Å²) in [6.45, 7) is 2.88. The van der Waals surface area contributed by atoms with Gasteiger partial charge in [-0.25, -0.2) is 4.79 Å². The predicted molar refractivity (Wildman–Crippen MR) is 91.5 cm³/mol. The third kappa shape index (κ3) is 5.16. The highest BCUT2D eigenvalue weighted by atomic mass is 16.6. The summed E-state index contributed by atoms with van der Waals surface area (Å²) in [5.41, 5.74) is -0.0222. The number of non-ortho nitro benzene ring substituents is 1. The maximum Gasteiger partial charge on any atom is 0.409 e. The summed E-state index contributed by atoms with van der Waals surface area (Å²) in [5.74, 6) is -1.73. The van der Waals surface area contributed by atoms with Gasteiger partial charge in [-0.3, -0.25) is 19.7 Å². The molecule has 1 aliphatic rings. The van der Waals surface area contributed by atoms with Crippen LogP contribution in [-0.2, 0) is 14.3 Å². The zero-order valence-electron chi connectivity index (χ0n) is 14.3. The van der Waals surface area contributed by atoms with Crippen LogP contribution in [0, 0.1) is 10.1 Å². The van der Waals surface area contributed by atoms with Crippen LogP contribution in [0.5, 0.6) is 0 Å². The number of hydrogen-bond acceptors (Lipinski definition) is 6. The van der Waals surface area contributed by atoms with E-state index < -0.39 is 16.7 Å². The summed E-state index contributed by atoms with van der Waals surface area (Å²) in [6, 6.07) is 5.09. The Kier molecular flexibility index (Phi) is 6.48. The third-order valence-corrected chi connectivity index (χ3v) is 3.88. The molecule has 0 aliphatic carbocycles. The smallest absolute Gasteiger partial charge is 0.409 e. The molecule has 0 unspecified atom stereocenters. The maximum absolute atomic E-state index is 12.0. The first-order valence-electron chi connectivity index (χ1n) is 8.18. The van der Waals surface area contributed by atoms with E-state index in [-0.39, 0.29) is 23.5 Å². The van der Waals surface area contributed by atoms with Crippen LogP contribution in [0.15, 0.2) is 24.3 Å². The van der Waals surface area contributed by atoms with Crippen molar-refractivity contribution in [1.29, 1.82) is 0 Å². The van der Waals surface area contributed by atoms with Gasteiger partial charge in [-0.15, -0.1) is 0 Å². The molecule has 10 nitrogen and oxygen atoms in total. The summed E-state index contributed by atoms with van der Waals surface area (Å²) in [6.07, 6.45) is 0.629. The molecule has 1 fully saturated rings. The van der Waals surface area contributed by atoms with Gasteiger partial charge in [0, 0.05) is 37.0 Å². The lowest BCUT2D eigenvalue weighted by Gasteiger charge is -2.31. The van der Waals surface area contributed by atoms with E-state index in [0.29, 0.717) is 32.5 Å². The third-order valence-electron chi connectivity index (χ3n) is 3.88. The SMILES string of the molecule is CCOC(=O)N1CCC(NC(=O)C(=O)Nc2cccc([N+](=O)[O-])c2)CC1. The predicted octanol–water partition coefficient (Wildman–Crippen LogP) is 1.27. The average Bonchev–Trinajstić information content (AvgIpc) is 2.62. The molecule has 1 aliphatic heterocycles. The standard InChI is InChI=1S/C16H20N4O6/c1-2-26-16(23)19-8-6-11(7-9-19)17-14(21)15(22)18-12-4-3-5-13(10-12)20(24)25/h3-5,10-11H,2,6-9H2,1H3,(H,17,21)(H,18,22). The lowest BCUT2D eigenvalue weighted by molar-refractivity contribution is -0.384. The summed E-state index contributed by atoms with van der Waals surface area (Å²) in [4.78, 5) is 47.2. The molecule has 0 atom stereocenters. The molecule has 1 aromatic carbocycles. The first kappa shape index (κ1) is 19.2. The van der Waals surface area contributed by atoms with Crippen molar-refractivity contribution in [1.82, 2.24) is 10.2 Å². The highest BCUT2D eigenvalue weighted by molar-refractivity contribution is 6.39. The van der Waals surface area contributed by atoms with E-state index in [2.05, 4.69) is 10.6 Å². The van der Waals surface area contributed by atoms with Gasteiger partial charge in [-0.1, -0.05) is 6.07 Å². The van der Waals surface area contributed by atoms with E-state index in [0.717, 1.165) is 0 Å². The first-order chi connectivity index (χ1) is 12.4. The molecule has 0 radical (unpaired) electrons. The number of carbonyl (C=O) groups excluding carboxylic acids is 3. The Bertz CT molecular complexity index is 700. The fourth-order valence-corrected chi connectivity index (χ4v) is 2.56. The molecule has 2 rings (SSSR count). The molecular weight excluding hydrogens is 344 g/mol. The van der Waals surface area contributed by atoms with Crippen LogP contribution in [-0.4, -0.2) is 53.5 Å². The van der Waals surface area contributed by atoms with Crippen molar-refractivity contribution in [2.45, 2.75) is 25.8 Å². The van der Waals surface area contributed by atoms with E-state index in [1.54, 1.807) is 11.8 Å². The molecule has 0 aromatic heterocycles. The molecule has 1 heterocycles. The number of nitro groups is 1.